The van der Waals surface area contributed by atoms with Gasteiger partial charge in [0.15, 0.2) is 0 Å². The van der Waals surface area contributed by atoms with Crippen molar-refractivity contribution in [1.82, 2.24) is 24.9 Å². The van der Waals surface area contributed by atoms with E-state index < -0.39 is 5.24 Å². The Morgan fingerprint density at radius 1 is 0.723 bits per heavy atom. The van der Waals surface area contributed by atoms with Gasteiger partial charge in [-0.15, -0.1) is 0 Å². The van der Waals surface area contributed by atoms with Gasteiger partial charge in [0.25, 0.3) is 11.1 Å². The minimum Gasteiger partial charge on any atom is -0.352 e. The summed E-state index contributed by atoms with van der Waals surface area (Å²) in [5.74, 6) is 0.237. The molecule has 0 radical (unpaired) electrons. The van der Waals surface area contributed by atoms with Crippen molar-refractivity contribution in [3.8, 4) is 11.4 Å². The predicted molar refractivity (Wildman–Crippen MR) is 251 cm³/mol. The van der Waals surface area contributed by atoms with E-state index in [9.17, 15) is 18.4 Å². The van der Waals surface area contributed by atoms with Crippen LogP contribution >= 0.6 is 11.6 Å². The van der Waals surface area contributed by atoms with Crippen molar-refractivity contribution in [2.24, 2.45) is 27.8 Å². The van der Waals surface area contributed by atoms with Gasteiger partial charge in [0.05, 0.1) is 35.2 Å². The Balaban J connectivity index is 0.000000151. The minimum atomic E-state index is -0.407. The zero-order valence-electron chi connectivity index (χ0n) is 36.5. The van der Waals surface area contributed by atoms with E-state index in [-0.39, 0.29) is 28.4 Å². The Hall–Kier alpha value is -6.62. The molecule has 0 spiro atoms. The average molecular weight is 893 g/mol. The molecule has 2 saturated carbocycles. The first-order valence-corrected chi connectivity index (χ1v) is 22.5. The SMILES string of the molecule is C[C@]12Cc3cnn(-c4ccc(F)cc4)c3C=C1CCC[C@@H]2CN=[N+]=[N-].C[C@]12Cc3cnn(-c4ccc(F)cc4)c3C=C1CCC[C@@H]2CNC(=O)c1ccccc1.O=C(Cl)c1ccccc1. The number of halogens is 3. The van der Waals surface area contributed by atoms with E-state index in [0.717, 1.165) is 74.1 Å². The van der Waals surface area contributed by atoms with Crippen LogP contribution in [0.2, 0.25) is 0 Å². The fourth-order valence-corrected chi connectivity index (χ4v) is 10.2. The fraction of sp³-hybridized carbons (Fsp3) is 0.308. The summed E-state index contributed by atoms with van der Waals surface area (Å²) in [6, 6.07) is 31.0. The van der Waals surface area contributed by atoms with Crippen molar-refractivity contribution in [2.45, 2.75) is 65.2 Å². The second kappa shape index (κ2) is 19.6. The van der Waals surface area contributed by atoms with Crippen molar-refractivity contribution in [2.75, 3.05) is 13.1 Å². The molecule has 0 aliphatic heterocycles. The van der Waals surface area contributed by atoms with E-state index in [1.54, 1.807) is 48.5 Å². The lowest BCUT2D eigenvalue weighted by Crippen LogP contribution is -2.43. The van der Waals surface area contributed by atoms with Gasteiger partial charge in [-0.3, -0.25) is 9.59 Å². The molecule has 2 aromatic heterocycles. The quantitative estimate of drug-likeness (QED) is 0.0705. The summed E-state index contributed by atoms with van der Waals surface area (Å²) >= 11 is 5.16. The number of benzene rings is 4. The van der Waals surface area contributed by atoms with Gasteiger partial charge in [-0.25, -0.2) is 18.1 Å². The first-order chi connectivity index (χ1) is 31.5. The molecule has 10 rings (SSSR count). The van der Waals surface area contributed by atoms with E-state index in [4.69, 9.17) is 17.1 Å². The van der Waals surface area contributed by atoms with Crippen LogP contribution < -0.4 is 5.32 Å². The van der Waals surface area contributed by atoms with Gasteiger partial charge in [-0.05, 0) is 175 Å². The smallest absolute Gasteiger partial charge is 0.252 e. The Bertz CT molecular complexity index is 2760. The van der Waals surface area contributed by atoms with E-state index in [1.807, 2.05) is 58.2 Å². The van der Waals surface area contributed by atoms with Crippen molar-refractivity contribution in [3.05, 3.63) is 188 Å². The lowest BCUT2D eigenvalue weighted by Gasteiger charge is -2.46. The molecule has 0 bridgehead atoms. The lowest BCUT2D eigenvalue weighted by molar-refractivity contribution is 0.0921. The second-order valence-corrected chi connectivity index (χ2v) is 18.1. The van der Waals surface area contributed by atoms with E-state index in [0.29, 0.717) is 36.1 Å². The highest BCUT2D eigenvalue weighted by Gasteiger charge is 2.44. The zero-order valence-corrected chi connectivity index (χ0v) is 37.3. The number of hydrogen-bond donors (Lipinski definition) is 1. The molecule has 0 unspecified atom stereocenters. The molecule has 2 fully saturated rings. The number of carbonyl (C=O) groups is 2. The summed E-state index contributed by atoms with van der Waals surface area (Å²) in [7, 11) is 0. The van der Waals surface area contributed by atoms with Gasteiger partial charge >= 0.3 is 0 Å². The monoisotopic (exact) mass is 892 g/mol. The molecule has 332 valence electrons. The van der Waals surface area contributed by atoms with Crippen molar-refractivity contribution in [3.63, 3.8) is 0 Å². The number of allylic oxidation sites excluding steroid dienone is 2. The Morgan fingerprint density at radius 2 is 1.18 bits per heavy atom. The second-order valence-electron chi connectivity index (χ2n) is 17.7. The summed E-state index contributed by atoms with van der Waals surface area (Å²) in [4.78, 5) is 25.9. The van der Waals surface area contributed by atoms with Crippen LogP contribution in [0.3, 0.4) is 0 Å². The number of azide groups is 1. The van der Waals surface area contributed by atoms with E-state index in [2.05, 4.69) is 51.5 Å². The molecule has 2 heterocycles. The van der Waals surface area contributed by atoms with Crippen LogP contribution in [0.4, 0.5) is 8.78 Å². The number of fused-ring (bicyclic) bond motifs is 4. The molecule has 1 N–H and O–H groups in total. The molecule has 1 amide bonds. The maximum atomic E-state index is 13.3. The molecular formula is C52H51ClF2N8O2. The van der Waals surface area contributed by atoms with Crippen molar-refractivity contribution in [1.29, 1.82) is 0 Å². The van der Waals surface area contributed by atoms with Gasteiger partial charge in [-0.1, -0.05) is 78.6 Å². The fourth-order valence-electron chi connectivity index (χ4n) is 10.1. The summed E-state index contributed by atoms with van der Waals surface area (Å²) in [5, 5.41) is 15.8. The van der Waals surface area contributed by atoms with E-state index >= 15 is 0 Å². The molecule has 6 aromatic rings. The topological polar surface area (TPSA) is 131 Å². The van der Waals surface area contributed by atoms with Crippen LogP contribution in [-0.2, 0) is 12.8 Å². The first kappa shape index (κ1) is 45.0. The van der Waals surface area contributed by atoms with Gasteiger partial charge < -0.3 is 5.32 Å². The van der Waals surface area contributed by atoms with E-state index in [1.165, 1.54) is 46.5 Å². The molecule has 4 aromatic carbocycles. The molecule has 0 saturated heterocycles. The number of nitrogens with one attached hydrogen (secondary N) is 1. The highest BCUT2D eigenvalue weighted by Crippen LogP contribution is 2.52. The van der Waals surface area contributed by atoms with Crippen LogP contribution in [-0.4, -0.2) is 43.8 Å². The number of rotatable bonds is 8. The molecule has 13 heteroatoms. The lowest BCUT2D eigenvalue weighted by atomic mass is 9.60. The third-order valence-corrected chi connectivity index (χ3v) is 14.0. The summed E-state index contributed by atoms with van der Waals surface area (Å²) < 4.78 is 30.3. The summed E-state index contributed by atoms with van der Waals surface area (Å²) in [5.41, 5.74) is 19.1. The Morgan fingerprint density at radius 3 is 1.65 bits per heavy atom. The largest absolute Gasteiger partial charge is 0.352 e. The van der Waals surface area contributed by atoms with Crippen LogP contribution in [0.1, 0.15) is 95.6 Å². The Kier molecular flexibility index (Phi) is 13.6. The molecule has 4 aliphatic carbocycles. The maximum Gasteiger partial charge on any atom is 0.252 e. The van der Waals surface area contributed by atoms with Crippen LogP contribution in [0, 0.1) is 34.3 Å². The number of amides is 1. The number of hydrogen-bond acceptors (Lipinski definition) is 5. The molecule has 10 nitrogen and oxygen atoms in total. The number of nitrogens with zero attached hydrogens (tertiary/aromatic N) is 7. The number of aromatic nitrogens is 4. The number of carbonyl (C=O) groups excluding carboxylic acids is 2. The third kappa shape index (κ3) is 9.75. The maximum absolute atomic E-state index is 13.3. The minimum absolute atomic E-state index is 0.00583. The van der Waals surface area contributed by atoms with Crippen LogP contribution in [0.5, 0.6) is 0 Å². The summed E-state index contributed by atoms with van der Waals surface area (Å²) in [6.07, 6.45) is 16.7. The standard InChI is InChI=1S/C26H26FN3O.C19H20FN5.C7H5ClO/c1-26-15-19-16-29-30(23-12-10-22(27)11-13-23)24(19)14-20(26)8-5-9-21(26)17-28-25(31)18-6-3-2-4-7-18;1-19-10-13-11-23-25(17-7-5-16(20)6-8-17)18(13)9-14(19)3-2-4-15(19)12-22-24-21;8-7(9)6-4-2-1-3-5-6/h2-4,6-7,10-14,16,21H,5,8-9,15,17H2,1H3,(H,28,31);5-9,11,15H,2-4,10,12H2,1H3;1-5H/t21-,26+;15-,19+;/m11./s1. The predicted octanol–water partition coefficient (Wildman–Crippen LogP) is 12.3. The molecule has 4 aliphatic rings. The zero-order chi connectivity index (χ0) is 45.6. The highest BCUT2D eigenvalue weighted by atomic mass is 35.5. The van der Waals surface area contributed by atoms with Gasteiger partial charge in [0, 0.05) is 29.1 Å². The average Bonchev–Trinajstić information content (AvgIpc) is 3.92. The molecule has 4 atom stereocenters. The van der Waals surface area contributed by atoms with Gasteiger partial charge in [0.2, 0.25) is 0 Å². The van der Waals surface area contributed by atoms with Gasteiger partial charge in [-0.2, -0.15) is 10.2 Å². The first-order valence-electron chi connectivity index (χ1n) is 22.1. The normalized spacial score (nSPS) is 21.4. The van der Waals surface area contributed by atoms with Crippen LogP contribution in [0.25, 0.3) is 34.0 Å². The molecular weight excluding hydrogens is 842 g/mol. The van der Waals surface area contributed by atoms with Crippen molar-refractivity contribution < 1.29 is 18.4 Å². The van der Waals surface area contributed by atoms with Gasteiger partial charge in [0.1, 0.15) is 11.6 Å². The Labute approximate surface area is 382 Å². The summed E-state index contributed by atoms with van der Waals surface area (Å²) in [6.45, 7) is 5.83. The van der Waals surface area contributed by atoms with Crippen molar-refractivity contribution >= 4 is 34.9 Å². The third-order valence-electron chi connectivity index (χ3n) is 13.8. The van der Waals surface area contributed by atoms with Crippen LogP contribution in [0.15, 0.2) is 138 Å². The molecule has 65 heavy (non-hydrogen) atoms. The highest BCUT2D eigenvalue weighted by molar-refractivity contribution is 6.67.